The number of halogens is 1. The van der Waals surface area contributed by atoms with Crippen molar-refractivity contribution in [3.8, 4) is 34.5 Å². The second kappa shape index (κ2) is 22.4. The molecule has 0 fully saturated rings. The zero-order chi connectivity index (χ0) is 42.8. The van der Waals surface area contributed by atoms with Gasteiger partial charge in [0.1, 0.15) is 34.5 Å². The number of nitrogens with one attached hydrogen (secondary N) is 1. The van der Waals surface area contributed by atoms with Crippen molar-refractivity contribution in [3.63, 3.8) is 0 Å². The Kier molecular flexibility index (Phi) is 16.0. The maximum atomic E-state index is 11.3. The van der Waals surface area contributed by atoms with E-state index in [0.717, 1.165) is 67.5 Å². The third-order valence-corrected chi connectivity index (χ3v) is 9.60. The summed E-state index contributed by atoms with van der Waals surface area (Å²) >= 11 is 3.47. The predicted octanol–water partition coefficient (Wildman–Crippen LogP) is 13.9. The third-order valence-electron chi connectivity index (χ3n) is 8.90. The van der Waals surface area contributed by atoms with Gasteiger partial charge in [0.25, 0.3) is 11.3 Å². The molecular weight excluding hydrogens is 802 g/mol. The maximum absolute atomic E-state index is 11.3. The zero-order valence-corrected chi connectivity index (χ0v) is 35.3. The Morgan fingerprint density at radius 2 is 0.754 bits per heavy atom. The van der Waals surface area contributed by atoms with E-state index in [0.29, 0.717) is 11.4 Å². The molecule has 0 saturated heterocycles. The smallest absolute Gasteiger partial charge is 0.261 e. The van der Waals surface area contributed by atoms with E-state index in [1.165, 1.54) is 17.9 Å². The molecule has 0 aliphatic carbocycles. The van der Waals surface area contributed by atoms with Crippen LogP contribution in [0.15, 0.2) is 200 Å². The van der Waals surface area contributed by atoms with Gasteiger partial charge in [0.15, 0.2) is 0 Å². The average Bonchev–Trinajstić information content (AvgIpc) is 3.30. The molecular formula is C51H46ClN3O5S. The average molecular weight is 848 g/mol. The van der Waals surface area contributed by atoms with Crippen molar-refractivity contribution in [2.24, 2.45) is 0 Å². The van der Waals surface area contributed by atoms with E-state index in [1.54, 1.807) is 12.1 Å². The van der Waals surface area contributed by atoms with Crippen LogP contribution in [0.25, 0.3) is 32.3 Å². The molecule has 308 valence electrons. The van der Waals surface area contributed by atoms with Crippen LogP contribution in [0.4, 0.5) is 17.1 Å². The summed E-state index contributed by atoms with van der Waals surface area (Å²) in [6, 6.07) is 64.5. The number of nitrogen functional groups attached to an aromatic ring is 2. The van der Waals surface area contributed by atoms with Gasteiger partial charge in [-0.2, -0.15) is 0 Å². The van der Waals surface area contributed by atoms with E-state index < -0.39 is 11.3 Å². The standard InChI is InChI=1S/C17H15NO3S.2C16H13NO.C2H5Cl/c1-20-22(19)18-14-9-11-15(12-10-14)21-17-8-4-6-13-5-2-3-7-16(13)17;2*17-13-8-10-14(11-9-13)18-16-7-3-5-12-4-1-2-6-15(12)16;1-2-3/h2-12,18H,1H3;2*1-11H,17H2;2H2,1H3. The molecule has 5 N–H and O–H groups in total. The highest BCUT2D eigenvalue weighted by atomic mass is 35.5. The molecule has 0 spiro atoms. The van der Waals surface area contributed by atoms with Gasteiger partial charge < -0.3 is 25.7 Å². The first-order valence-corrected chi connectivity index (χ1v) is 21.0. The van der Waals surface area contributed by atoms with Crippen molar-refractivity contribution in [2.45, 2.75) is 6.92 Å². The number of rotatable bonds is 9. The third kappa shape index (κ3) is 12.7. The second-order valence-electron chi connectivity index (χ2n) is 13.2. The van der Waals surface area contributed by atoms with Crippen molar-refractivity contribution in [2.75, 3.05) is 29.2 Å². The van der Waals surface area contributed by atoms with E-state index in [2.05, 4.69) is 57.4 Å². The zero-order valence-electron chi connectivity index (χ0n) is 33.7. The Labute approximate surface area is 364 Å². The Bertz CT molecular complexity index is 2650. The molecule has 0 aromatic heterocycles. The fourth-order valence-corrected chi connectivity index (χ4v) is 6.45. The second-order valence-corrected chi connectivity index (χ2v) is 14.7. The number of hydrogen-bond donors (Lipinski definition) is 3. The predicted molar refractivity (Wildman–Crippen MR) is 255 cm³/mol. The van der Waals surface area contributed by atoms with Crippen molar-refractivity contribution < 1.29 is 22.6 Å². The first-order chi connectivity index (χ1) is 29.8. The van der Waals surface area contributed by atoms with Crippen LogP contribution < -0.4 is 30.4 Å². The highest BCUT2D eigenvalue weighted by Gasteiger charge is 2.06. The molecule has 0 bridgehead atoms. The monoisotopic (exact) mass is 847 g/mol. The summed E-state index contributed by atoms with van der Waals surface area (Å²) in [6.07, 6.45) is 0. The molecule has 0 heterocycles. The van der Waals surface area contributed by atoms with E-state index in [9.17, 15) is 4.21 Å². The number of anilines is 3. The van der Waals surface area contributed by atoms with Crippen LogP contribution in [0.5, 0.6) is 34.5 Å². The molecule has 61 heavy (non-hydrogen) atoms. The summed E-state index contributed by atoms with van der Waals surface area (Å²) in [5.74, 6) is 5.54. The molecule has 0 aliphatic heterocycles. The van der Waals surface area contributed by atoms with Crippen LogP contribution in [0, 0.1) is 0 Å². The van der Waals surface area contributed by atoms with Gasteiger partial charge in [-0.1, -0.05) is 116 Å². The molecule has 0 saturated carbocycles. The first kappa shape index (κ1) is 43.5. The molecule has 0 aliphatic rings. The number of fused-ring (bicyclic) bond motifs is 3. The van der Waals surface area contributed by atoms with E-state index in [4.69, 9.17) is 37.3 Å². The number of ether oxygens (including phenoxy) is 3. The first-order valence-electron chi connectivity index (χ1n) is 19.4. The largest absolute Gasteiger partial charge is 0.457 e. The minimum atomic E-state index is -1.53. The molecule has 1 atom stereocenters. The van der Waals surface area contributed by atoms with Gasteiger partial charge in [0, 0.05) is 39.1 Å². The van der Waals surface area contributed by atoms with Gasteiger partial charge in [-0.15, -0.1) is 11.6 Å². The SMILES string of the molecule is CCCl.COS(=O)Nc1ccc(Oc2cccc3ccccc23)cc1.Nc1ccc(Oc2cccc3ccccc23)cc1.Nc1ccc(Oc2cccc3ccccc23)cc1. The fraction of sp³-hybridized carbons (Fsp3) is 0.0588. The molecule has 0 radical (unpaired) electrons. The summed E-state index contributed by atoms with van der Waals surface area (Å²) in [5.41, 5.74) is 13.5. The van der Waals surface area contributed by atoms with Gasteiger partial charge in [-0.3, -0.25) is 8.91 Å². The summed E-state index contributed by atoms with van der Waals surface area (Å²) in [6.45, 7) is 1.89. The van der Waals surface area contributed by atoms with Gasteiger partial charge >= 0.3 is 0 Å². The van der Waals surface area contributed by atoms with Crippen molar-refractivity contribution in [1.82, 2.24) is 0 Å². The van der Waals surface area contributed by atoms with Gasteiger partial charge in [-0.25, -0.2) is 4.21 Å². The van der Waals surface area contributed by atoms with E-state index in [1.807, 2.05) is 146 Å². The van der Waals surface area contributed by atoms with Gasteiger partial charge in [-0.05, 0) is 107 Å². The molecule has 1 unspecified atom stereocenters. The van der Waals surface area contributed by atoms with Crippen molar-refractivity contribution >= 4 is 72.2 Å². The minimum Gasteiger partial charge on any atom is -0.457 e. The fourth-order valence-electron chi connectivity index (χ4n) is 6.04. The highest BCUT2D eigenvalue weighted by Crippen LogP contribution is 2.32. The maximum Gasteiger partial charge on any atom is 0.261 e. The van der Waals surface area contributed by atoms with Crippen LogP contribution in [0.1, 0.15) is 6.92 Å². The summed E-state index contributed by atoms with van der Waals surface area (Å²) < 4.78 is 36.3. The lowest BCUT2D eigenvalue weighted by molar-refractivity contribution is 0.449. The molecule has 9 aromatic carbocycles. The van der Waals surface area contributed by atoms with E-state index >= 15 is 0 Å². The lowest BCUT2D eigenvalue weighted by atomic mass is 10.1. The van der Waals surface area contributed by atoms with Crippen LogP contribution >= 0.6 is 11.6 Å². The number of nitrogens with two attached hydrogens (primary N) is 2. The highest BCUT2D eigenvalue weighted by molar-refractivity contribution is 7.81. The normalized spacial score (nSPS) is 10.8. The summed E-state index contributed by atoms with van der Waals surface area (Å²) in [4.78, 5) is 0. The lowest BCUT2D eigenvalue weighted by Crippen LogP contribution is -2.04. The quantitative estimate of drug-likeness (QED) is 0.0978. The topological polar surface area (TPSA) is 118 Å². The molecule has 9 aromatic rings. The van der Waals surface area contributed by atoms with E-state index in [-0.39, 0.29) is 0 Å². The minimum absolute atomic E-state index is 0.699. The Morgan fingerprint density at radius 3 is 1.08 bits per heavy atom. The number of hydrogen-bond acceptors (Lipinski definition) is 7. The number of benzene rings is 9. The molecule has 9 rings (SSSR count). The summed E-state index contributed by atoms with van der Waals surface area (Å²) in [7, 11) is 1.38. The van der Waals surface area contributed by atoms with Crippen LogP contribution in [-0.4, -0.2) is 17.2 Å². The Morgan fingerprint density at radius 1 is 0.459 bits per heavy atom. The van der Waals surface area contributed by atoms with Crippen molar-refractivity contribution in [3.05, 3.63) is 200 Å². The van der Waals surface area contributed by atoms with Crippen LogP contribution in [0.3, 0.4) is 0 Å². The van der Waals surface area contributed by atoms with Gasteiger partial charge in [0.05, 0.1) is 7.11 Å². The lowest BCUT2D eigenvalue weighted by Gasteiger charge is -2.10. The van der Waals surface area contributed by atoms with Crippen LogP contribution in [-0.2, 0) is 15.4 Å². The molecule has 0 amide bonds. The van der Waals surface area contributed by atoms with Crippen LogP contribution in [0.2, 0.25) is 0 Å². The molecule has 10 heteroatoms. The van der Waals surface area contributed by atoms with Gasteiger partial charge in [0.2, 0.25) is 0 Å². The number of alkyl halides is 1. The van der Waals surface area contributed by atoms with Crippen molar-refractivity contribution in [1.29, 1.82) is 0 Å². The Balaban J connectivity index is 0.000000149. The molecule has 8 nitrogen and oxygen atoms in total. The Hall–Kier alpha value is -7.04. The summed E-state index contributed by atoms with van der Waals surface area (Å²) in [5, 5.41) is 6.76.